The van der Waals surface area contributed by atoms with Gasteiger partial charge < -0.3 is 4.74 Å². The van der Waals surface area contributed by atoms with Crippen molar-refractivity contribution in [3.63, 3.8) is 0 Å². The monoisotopic (exact) mass is 481 g/mol. The molecule has 1 unspecified atom stereocenters. The number of ether oxygens (including phenoxy) is 1. The SMILES string of the molecule is Cc1c(C=NCC(=O)OC(C)(C)C)sc2c1c(=O)n(C1CC1)c(=O)n2CC1CCC(F)(F)C1. The van der Waals surface area contributed by atoms with Gasteiger partial charge in [0.15, 0.2) is 0 Å². The van der Waals surface area contributed by atoms with Crippen molar-refractivity contribution in [2.24, 2.45) is 10.9 Å². The molecule has 7 nitrogen and oxygen atoms in total. The maximum Gasteiger partial charge on any atom is 0.332 e. The molecule has 33 heavy (non-hydrogen) atoms. The Kier molecular flexibility index (Phi) is 6.09. The summed E-state index contributed by atoms with van der Waals surface area (Å²) in [6, 6.07) is -0.130. The number of alkyl halides is 2. The molecule has 10 heteroatoms. The molecule has 0 radical (unpaired) electrons. The molecular formula is C23H29F2N3O4S. The number of fused-ring (bicyclic) bond motifs is 1. The minimum atomic E-state index is -2.71. The fraction of sp³-hybridized carbons (Fsp3) is 0.652. The number of rotatable bonds is 6. The number of aryl methyl sites for hydroxylation is 1. The fourth-order valence-corrected chi connectivity index (χ4v) is 5.55. The molecule has 2 aliphatic rings. The Morgan fingerprint density at radius 1 is 1.27 bits per heavy atom. The van der Waals surface area contributed by atoms with Gasteiger partial charge in [0.25, 0.3) is 5.56 Å². The number of aliphatic imine (C=N–C) groups is 1. The molecule has 0 aromatic carbocycles. The van der Waals surface area contributed by atoms with E-state index in [2.05, 4.69) is 4.99 Å². The summed E-state index contributed by atoms with van der Waals surface area (Å²) in [4.78, 5) is 43.7. The van der Waals surface area contributed by atoms with Crippen LogP contribution in [0.25, 0.3) is 10.2 Å². The van der Waals surface area contributed by atoms with Gasteiger partial charge in [-0.25, -0.2) is 13.6 Å². The van der Waals surface area contributed by atoms with Crippen molar-refractivity contribution in [3.8, 4) is 0 Å². The van der Waals surface area contributed by atoms with E-state index in [1.807, 2.05) is 0 Å². The van der Waals surface area contributed by atoms with Gasteiger partial charge in [0.1, 0.15) is 17.0 Å². The molecule has 2 saturated carbocycles. The van der Waals surface area contributed by atoms with E-state index in [0.717, 1.165) is 12.8 Å². The van der Waals surface area contributed by atoms with Crippen LogP contribution in [-0.4, -0.2) is 39.4 Å². The highest BCUT2D eigenvalue weighted by molar-refractivity contribution is 7.20. The molecule has 0 aliphatic heterocycles. The van der Waals surface area contributed by atoms with Crippen LogP contribution in [0.15, 0.2) is 14.6 Å². The molecule has 0 bridgehead atoms. The van der Waals surface area contributed by atoms with Crippen LogP contribution in [-0.2, 0) is 16.1 Å². The number of thiophene rings is 1. The van der Waals surface area contributed by atoms with Crippen molar-refractivity contribution in [1.29, 1.82) is 0 Å². The van der Waals surface area contributed by atoms with E-state index >= 15 is 0 Å². The van der Waals surface area contributed by atoms with Crippen LogP contribution >= 0.6 is 11.3 Å². The van der Waals surface area contributed by atoms with Crippen molar-refractivity contribution < 1.29 is 18.3 Å². The number of carbonyl (C=O) groups is 1. The molecule has 1 atom stereocenters. The fourth-order valence-electron chi connectivity index (χ4n) is 4.35. The van der Waals surface area contributed by atoms with Crippen LogP contribution in [0.1, 0.15) is 69.4 Å². The molecule has 0 N–H and O–H groups in total. The highest BCUT2D eigenvalue weighted by Gasteiger charge is 2.40. The molecule has 180 valence electrons. The van der Waals surface area contributed by atoms with Crippen LogP contribution in [0.5, 0.6) is 0 Å². The number of aromatic nitrogens is 2. The Balaban J connectivity index is 1.71. The van der Waals surface area contributed by atoms with Crippen molar-refractivity contribution in [2.45, 2.75) is 83.9 Å². The second kappa shape index (κ2) is 8.45. The zero-order chi connectivity index (χ0) is 24.1. The minimum Gasteiger partial charge on any atom is -0.459 e. The molecule has 0 spiro atoms. The summed E-state index contributed by atoms with van der Waals surface area (Å²) in [5, 5.41) is 0.426. The van der Waals surface area contributed by atoms with Crippen LogP contribution in [0, 0.1) is 12.8 Å². The molecule has 2 heterocycles. The lowest BCUT2D eigenvalue weighted by Gasteiger charge is -2.18. The van der Waals surface area contributed by atoms with E-state index in [1.54, 1.807) is 27.7 Å². The van der Waals surface area contributed by atoms with E-state index in [0.29, 0.717) is 27.1 Å². The van der Waals surface area contributed by atoms with E-state index in [-0.39, 0.29) is 43.5 Å². The maximum atomic E-state index is 13.8. The molecule has 2 aromatic rings. The van der Waals surface area contributed by atoms with Gasteiger partial charge in [-0.1, -0.05) is 0 Å². The summed E-state index contributed by atoms with van der Waals surface area (Å²) in [7, 11) is 0. The zero-order valence-corrected chi connectivity index (χ0v) is 20.1. The van der Waals surface area contributed by atoms with Gasteiger partial charge in [-0.15, -0.1) is 11.3 Å². The van der Waals surface area contributed by atoms with Crippen LogP contribution in [0.2, 0.25) is 0 Å². The van der Waals surface area contributed by atoms with Gasteiger partial charge in [-0.3, -0.25) is 23.7 Å². The topological polar surface area (TPSA) is 82.7 Å². The van der Waals surface area contributed by atoms with Gasteiger partial charge in [0.05, 0.1) is 10.3 Å². The Labute approximate surface area is 194 Å². The molecule has 0 saturated heterocycles. The number of halogens is 2. The second-order valence-electron chi connectivity index (χ2n) is 10.1. The summed E-state index contributed by atoms with van der Waals surface area (Å²) < 4.78 is 35.6. The predicted octanol–water partition coefficient (Wildman–Crippen LogP) is 4.06. The number of esters is 1. The van der Waals surface area contributed by atoms with Crippen LogP contribution < -0.4 is 11.2 Å². The van der Waals surface area contributed by atoms with Crippen LogP contribution in [0.3, 0.4) is 0 Å². The van der Waals surface area contributed by atoms with Gasteiger partial charge in [-0.05, 0) is 58.4 Å². The van der Waals surface area contributed by atoms with Crippen LogP contribution in [0.4, 0.5) is 8.78 Å². The standard InChI is InChI=1S/C23H29F2N3O4S/c1-13-16(10-26-11-17(29)32-22(2,3)4)33-20-18(13)19(30)28(15-5-6-15)21(31)27(20)12-14-7-8-23(24,25)9-14/h10,14-15H,5-9,11-12H2,1-4H3. The average molecular weight is 482 g/mol. The number of hydrogen-bond acceptors (Lipinski definition) is 6. The smallest absolute Gasteiger partial charge is 0.332 e. The second-order valence-corrected chi connectivity index (χ2v) is 11.1. The zero-order valence-electron chi connectivity index (χ0n) is 19.3. The van der Waals surface area contributed by atoms with Gasteiger partial charge >= 0.3 is 11.7 Å². The first-order valence-electron chi connectivity index (χ1n) is 11.2. The lowest BCUT2D eigenvalue weighted by atomic mass is 10.1. The first-order chi connectivity index (χ1) is 15.4. The molecule has 2 aromatic heterocycles. The van der Waals surface area contributed by atoms with E-state index in [9.17, 15) is 23.2 Å². The highest BCUT2D eigenvalue weighted by atomic mass is 32.1. The highest BCUT2D eigenvalue weighted by Crippen LogP contribution is 2.40. The summed E-state index contributed by atoms with van der Waals surface area (Å²) >= 11 is 1.23. The lowest BCUT2D eigenvalue weighted by Crippen LogP contribution is -2.40. The van der Waals surface area contributed by atoms with Crippen molar-refractivity contribution in [1.82, 2.24) is 9.13 Å². The van der Waals surface area contributed by atoms with Gasteiger partial charge in [0.2, 0.25) is 5.92 Å². The van der Waals surface area contributed by atoms with Gasteiger partial charge in [-0.2, -0.15) is 0 Å². The Hall–Kier alpha value is -2.36. The summed E-state index contributed by atoms with van der Waals surface area (Å²) in [5.74, 6) is -3.49. The molecule has 4 rings (SSSR count). The molecule has 0 amide bonds. The molecule has 2 aliphatic carbocycles. The Morgan fingerprint density at radius 2 is 1.97 bits per heavy atom. The minimum absolute atomic E-state index is 0.130. The maximum absolute atomic E-state index is 13.8. The summed E-state index contributed by atoms with van der Waals surface area (Å²) in [6.07, 6.45) is 2.95. The van der Waals surface area contributed by atoms with Crippen molar-refractivity contribution in [3.05, 3.63) is 31.3 Å². The summed E-state index contributed by atoms with van der Waals surface area (Å²) in [5.41, 5.74) is -0.705. The molecular weight excluding hydrogens is 452 g/mol. The van der Waals surface area contributed by atoms with E-state index in [4.69, 9.17) is 4.74 Å². The summed E-state index contributed by atoms with van der Waals surface area (Å²) in [6.45, 7) is 7.10. The first-order valence-corrected chi connectivity index (χ1v) is 12.1. The quantitative estimate of drug-likeness (QED) is 0.460. The van der Waals surface area contributed by atoms with E-state index < -0.39 is 23.2 Å². The third-order valence-corrected chi connectivity index (χ3v) is 7.24. The first kappa shape index (κ1) is 23.8. The predicted molar refractivity (Wildman–Crippen MR) is 124 cm³/mol. The number of carbonyl (C=O) groups excluding carboxylic acids is 1. The van der Waals surface area contributed by atoms with Gasteiger partial charge in [0, 0.05) is 31.6 Å². The van der Waals surface area contributed by atoms with E-state index in [1.165, 1.54) is 26.7 Å². The normalized spacial score (nSPS) is 20.7. The third-order valence-electron chi connectivity index (χ3n) is 5.99. The lowest BCUT2D eigenvalue weighted by molar-refractivity contribution is -0.152. The van der Waals surface area contributed by atoms with Crippen molar-refractivity contribution >= 4 is 33.7 Å². The molecule has 2 fully saturated rings. The largest absolute Gasteiger partial charge is 0.459 e. The number of nitrogens with zero attached hydrogens (tertiary/aromatic N) is 3. The Morgan fingerprint density at radius 3 is 2.55 bits per heavy atom. The number of hydrogen-bond donors (Lipinski definition) is 0. The van der Waals surface area contributed by atoms with Crippen molar-refractivity contribution in [2.75, 3.05) is 6.54 Å². The average Bonchev–Trinajstić information content (AvgIpc) is 3.37. The Bertz CT molecular complexity index is 1230. The third kappa shape index (κ3) is 5.10.